The Hall–Kier alpha value is -1.07. The van der Waals surface area contributed by atoms with Gasteiger partial charge in [0.25, 0.3) is 5.91 Å². The van der Waals surface area contributed by atoms with E-state index in [1.54, 1.807) is 7.11 Å². The van der Waals surface area contributed by atoms with Crippen molar-refractivity contribution < 1.29 is 13.9 Å². The summed E-state index contributed by atoms with van der Waals surface area (Å²) in [4.78, 5) is 12.1. The molecule has 1 aromatic rings. The monoisotopic (exact) mass is 271 g/mol. The summed E-state index contributed by atoms with van der Waals surface area (Å²) >= 11 is 3.95. The number of hydrogen-bond donors (Lipinski definition) is 2. The van der Waals surface area contributed by atoms with E-state index in [2.05, 4.69) is 17.9 Å². The number of carbonyl (C=O) groups excluding carboxylic acids is 1. The summed E-state index contributed by atoms with van der Waals surface area (Å²) < 4.78 is 18.1. The van der Waals surface area contributed by atoms with E-state index in [1.807, 2.05) is 13.8 Å². The van der Waals surface area contributed by atoms with E-state index < -0.39 is 5.82 Å². The molecule has 0 aliphatic heterocycles. The summed E-state index contributed by atoms with van der Waals surface area (Å²) in [6.07, 6.45) is 0. The second kappa shape index (κ2) is 6.75. The van der Waals surface area contributed by atoms with Gasteiger partial charge in [0.1, 0.15) is 5.82 Å². The van der Waals surface area contributed by atoms with E-state index in [1.165, 1.54) is 18.2 Å². The van der Waals surface area contributed by atoms with Crippen LogP contribution in [0.2, 0.25) is 0 Å². The van der Waals surface area contributed by atoms with Crippen LogP contribution in [-0.2, 0) is 4.74 Å². The largest absolute Gasteiger partial charge is 0.383 e. The van der Waals surface area contributed by atoms with Gasteiger partial charge in [0.05, 0.1) is 12.6 Å². The number of ether oxygens (including phenoxy) is 1. The molecule has 5 heteroatoms. The molecular weight excluding hydrogens is 253 g/mol. The average molecular weight is 271 g/mol. The highest BCUT2D eigenvalue weighted by molar-refractivity contribution is 7.80. The molecule has 0 heterocycles. The van der Waals surface area contributed by atoms with Gasteiger partial charge < -0.3 is 10.1 Å². The molecule has 1 aromatic carbocycles. The summed E-state index contributed by atoms with van der Waals surface area (Å²) in [6.45, 7) is 4.44. The number of hydrogen-bond acceptors (Lipinski definition) is 3. The minimum atomic E-state index is -0.438. The third kappa shape index (κ3) is 3.99. The van der Waals surface area contributed by atoms with Crippen LogP contribution in [0.4, 0.5) is 4.39 Å². The predicted molar refractivity (Wildman–Crippen MR) is 71.6 cm³/mol. The van der Waals surface area contributed by atoms with Crippen LogP contribution in [0.5, 0.6) is 0 Å². The Morgan fingerprint density at radius 1 is 1.50 bits per heavy atom. The Morgan fingerprint density at radius 3 is 2.67 bits per heavy atom. The maximum atomic E-state index is 13.0. The SMILES string of the molecule is COCC(NC(=O)c1ccc(F)c(S)c1)C(C)C. The highest BCUT2D eigenvalue weighted by Crippen LogP contribution is 2.14. The van der Waals surface area contributed by atoms with Gasteiger partial charge in [-0.25, -0.2) is 4.39 Å². The summed E-state index contributed by atoms with van der Waals surface area (Å²) in [7, 11) is 1.59. The van der Waals surface area contributed by atoms with Gasteiger partial charge in [-0.3, -0.25) is 4.79 Å². The summed E-state index contributed by atoms with van der Waals surface area (Å²) in [6, 6.07) is 4.01. The number of rotatable bonds is 5. The standard InChI is InChI=1S/C13H18FNO2S/c1-8(2)11(7-17-3)15-13(16)9-4-5-10(14)12(18)6-9/h4-6,8,11,18H,7H2,1-3H3,(H,15,16). The number of methoxy groups -OCH3 is 1. The maximum absolute atomic E-state index is 13.0. The van der Waals surface area contributed by atoms with Crippen LogP contribution in [-0.4, -0.2) is 25.7 Å². The molecule has 0 saturated carbocycles. The van der Waals surface area contributed by atoms with E-state index in [-0.39, 0.29) is 22.8 Å². The summed E-state index contributed by atoms with van der Waals surface area (Å²) in [5.41, 5.74) is 0.392. The Kier molecular flexibility index (Phi) is 5.62. The first kappa shape index (κ1) is 15.0. The maximum Gasteiger partial charge on any atom is 0.251 e. The lowest BCUT2D eigenvalue weighted by Crippen LogP contribution is -2.41. The van der Waals surface area contributed by atoms with Crippen molar-refractivity contribution in [1.82, 2.24) is 5.32 Å². The van der Waals surface area contributed by atoms with E-state index in [4.69, 9.17) is 4.74 Å². The van der Waals surface area contributed by atoms with Crippen LogP contribution in [0.25, 0.3) is 0 Å². The summed E-state index contributed by atoms with van der Waals surface area (Å²) in [5, 5.41) is 2.86. The van der Waals surface area contributed by atoms with Crippen molar-refractivity contribution in [3.8, 4) is 0 Å². The second-order valence-electron chi connectivity index (χ2n) is 4.45. The van der Waals surface area contributed by atoms with Gasteiger partial charge in [0, 0.05) is 17.6 Å². The van der Waals surface area contributed by atoms with Gasteiger partial charge in [0.15, 0.2) is 0 Å². The molecule has 0 aliphatic carbocycles. The molecule has 100 valence electrons. The molecule has 3 nitrogen and oxygen atoms in total. The Labute approximate surface area is 112 Å². The molecule has 1 unspecified atom stereocenters. The van der Waals surface area contributed by atoms with Crippen molar-refractivity contribution in [2.75, 3.05) is 13.7 Å². The van der Waals surface area contributed by atoms with Crippen LogP contribution in [0, 0.1) is 11.7 Å². The molecular formula is C13H18FNO2S. The minimum Gasteiger partial charge on any atom is -0.383 e. The number of halogens is 1. The Bertz CT molecular complexity index is 423. The number of benzene rings is 1. The molecule has 0 aromatic heterocycles. The Morgan fingerprint density at radius 2 is 2.17 bits per heavy atom. The first-order chi connectivity index (χ1) is 8.45. The zero-order valence-electron chi connectivity index (χ0n) is 10.7. The van der Waals surface area contributed by atoms with Gasteiger partial charge in [-0.1, -0.05) is 13.8 Å². The first-order valence-electron chi connectivity index (χ1n) is 5.74. The molecule has 18 heavy (non-hydrogen) atoms. The molecule has 0 spiro atoms. The van der Waals surface area contributed by atoms with Gasteiger partial charge in [-0.15, -0.1) is 12.6 Å². The number of amides is 1. The number of carbonyl (C=O) groups is 1. The number of thiol groups is 1. The van der Waals surface area contributed by atoms with Gasteiger partial charge in [0.2, 0.25) is 0 Å². The predicted octanol–water partition coefficient (Wildman–Crippen LogP) is 2.52. The van der Waals surface area contributed by atoms with Crippen LogP contribution >= 0.6 is 12.6 Å². The lowest BCUT2D eigenvalue weighted by atomic mass is 10.0. The molecule has 0 saturated heterocycles. The molecule has 1 atom stereocenters. The van der Waals surface area contributed by atoms with Crippen LogP contribution in [0.1, 0.15) is 24.2 Å². The molecule has 0 fully saturated rings. The highest BCUT2D eigenvalue weighted by atomic mass is 32.1. The number of nitrogens with one attached hydrogen (secondary N) is 1. The lowest BCUT2D eigenvalue weighted by molar-refractivity contribution is 0.0866. The zero-order chi connectivity index (χ0) is 13.7. The van der Waals surface area contributed by atoms with Crippen LogP contribution in [0.15, 0.2) is 23.1 Å². The third-order valence-corrected chi connectivity index (χ3v) is 3.02. The lowest BCUT2D eigenvalue weighted by Gasteiger charge is -2.21. The Balaban J connectivity index is 2.77. The van der Waals surface area contributed by atoms with E-state index in [0.717, 1.165) is 0 Å². The molecule has 1 rings (SSSR count). The van der Waals surface area contributed by atoms with Gasteiger partial charge in [-0.05, 0) is 24.1 Å². The summed E-state index contributed by atoms with van der Waals surface area (Å²) in [5.74, 6) is -0.432. The topological polar surface area (TPSA) is 38.3 Å². The fourth-order valence-corrected chi connectivity index (χ4v) is 1.70. The van der Waals surface area contributed by atoms with Crippen LogP contribution < -0.4 is 5.32 Å². The van der Waals surface area contributed by atoms with Gasteiger partial charge >= 0.3 is 0 Å². The van der Waals surface area contributed by atoms with Gasteiger partial charge in [-0.2, -0.15) is 0 Å². The molecule has 0 radical (unpaired) electrons. The molecule has 0 bridgehead atoms. The fraction of sp³-hybridized carbons (Fsp3) is 0.462. The van der Waals surface area contributed by atoms with Crippen molar-refractivity contribution in [2.24, 2.45) is 5.92 Å². The quantitative estimate of drug-likeness (QED) is 0.808. The van der Waals surface area contributed by atoms with E-state index >= 15 is 0 Å². The molecule has 0 aliphatic rings. The van der Waals surface area contributed by atoms with Crippen molar-refractivity contribution in [1.29, 1.82) is 0 Å². The van der Waals surface area contributed by atoms with Crippen LogP contribution in [0.3, 0.4) is 0 Å². The third-order valence-electron chi connectivity index (χ3n) is 2.68. The van der Waals surface area contributed by atoms with Crippen molar-refractivity contribution in [2.45, 2.75) is 24.8 Å². The zero-order valence-corrected chi connectivity index (χ0v) is 11.6. The van der Waals surface area contributed by atoms with Crippen molar-refractivity contribution >= 4 is 18.5 Å². The minimum absolute atomic E-state index is 0.0732. The first-order valence-corrected chi connectivity index (χ1v) is 6.18. The molecule has 1 amide bonds. The van der Waals surface area contributed by atoms with Crippen molar-refractivity contribution in [3.63, 3.8) is 0 Å². The van der Waals surface area contributed by atoms with E-state index in [0.29, 0.717) is 12.2 Å². The highest BCUT2D eigenvalue weighted by Gasteiger charge is 2.17. The molecule has 1 N–H and O–H groups in total. The smallest absolute Gasteiger partial charge is 0.251 e. The van der Waals surface area contributed by atoms with E-state index in [9.17, 15) is 9.18 Å². The second-order valence-corrected chi connectivity index (χ2v) is 4.93. The fourth-order valence-electron chi connectivity index (χ4n) is 1.49. The van der Waals surface area contributed by atoms with Crippen molar-refractivity contribution in [3.05, 3.63) is 29.6 Å². The average Bonchev–Trinajstić information content (AvgIpc) is 2.31. The normalized spacial score (nSPS) is 12.6.